The fourth-order valence-corrected chi connectivity index (χ4v) is 2.10. The molecule has 19 heavy (non-hydrogen) atoms. The van der Waals surface area contributed by atoms with Gasteiger partial charge in [-0.25, -0.2) is 4.39 Å². The third-order valence-electron chi connectivity index (χ3n) is 2.63. The van der Waals surface area contributed by atoms with E-state index in [4.69, 9.17) is 11.6 Å². The molecular formula is C14H10BrClFNO. The van der Waals surface area contributed by atoms with Crippen LogP contribution in [0.4, 0.5) is 10.1 Å². The number of halogens is 3. The number of amides is 1. The van der Waals surface area contributed by atoms with Crippen molar-refractivity contribution in [2.24, 2.45) is 0 Å². The Balaban J connectivity index is 2.26. The SMILES string of the molecule is Cc1ccc(NC(=O)c2cccc(Cl)c2F)cc1Br. The number of carbonyl (C=O) groups is 1. The zero-order valence-electron chi connectivity index (χ0n) is 10.0. The highest BCUT2D eigenvalue weighted by atomic mass is 79.9. The molecule has 98 valence electrons. The van der Waals surface area contributed by atoms with Gasteiger partial charge in [0.2, 0.25) is 0 Å². The van der Waals surface area contributed by atoms with E-state index < -0.39 is 11.7 Å². The van der Waals surface area contributed by atoms with Crippen molar-refractivity contribution in [3.8, 4) is 0 Å². The summed E-state index contributed by atoms with van der Waals surface area (Å²) in [5.41, 5.74) is 1.55. The van der Waals surface area contributed by atoms with Crippen LogP contribution in [0.5, 0.6) is 0 Å². The first-order valence-corrected chi connectivity index (χ1v) is 6.67. The Hall–Kier alpha value is -1.39. The number of hydrogen-bond donors (Lipinski definition) is 1. The predicted octanol–water partition coefficient (Wildman–Crippen LogP) is 4.80. The lowest BCUT2D eigenvalue weighted by Crippen LogP contribution is -2.13. The van der Waals surface area contributed by atoms with Crippen LogP contribution in [0.2, 0.25) is 5.02 Å². The maximum atomic E-state index is 13.7. The average molecular weight is 343 g/mol. The van der Waals surface area contributed by atoms with Crippen LogP contribution >= 0.6 is 27.5 Å². The van der Waals surface area contributed by atoms with Gasteiger partial charge in [-0.3, -0.25) is 4.79 Å². The Morgan fingerprint density at radius 3 is 2.74 bits per heavy atom. The predicted molar refractivity (Wildman–Crippen MR) is 78.2 cm³/mol. The summed E-state index contributed by atoms with van der Waals surface area (Å²) in [5, 5.41) is 2.56. The normalized spacial score (nSPS) is 10.3. The summed E-state index contributed by atoms with van der Waals surface area (Å²) >= 11 is 9.02. The third-order valence-corrected chi connectivity index (χ3v) is 3.77. The topological polar surface area (TPSA) is 29.1 Å². The van der Waals surface area contributed by atoms with E-state index >= 15 is 0 Å². The van der Waals surface area contributed by atoms with Gasteiger partial charge in [-0.1, -0.05) is 39.7 Å². The van der Waals surface area contributed by atoms with Crippen molar-refractivity contribution in [1.29, 1.82) is 0 Å². The van der Waals surface area contributed by atoms with Crippen LogP contribution in [-0.4, -0.2) is 5.91 Å². The maximum Gasteiger partial charge on any atom is 0.258 e. The molecule has 2 aromatic carbocycles. The molecule has 1 amide bonds. The van der Waals surface area contributed by atoms with Crippen molar-refractivity contribution in [3.05, 3.63) is 62.8 Å². The quantitative estimate of drug-likeness (QED) is 0.834. The van der Waals surface area contributed by atoms with Crippen LogP contribution in [0.15, 0.2) is 40.9 Å². The summed E-state index contributed by atoms with van der Waals surface area (Å²) in [6.07, 6.45) is 0. The number of nitrogens with one attached hydrogen (secondary N) is 1. The summed E-state index contributed by atoms with van der Waals surface area (Å²) < 4.78 is 14.6. The zero-order valence-corrected chi connectivity index (χ0v) is 12.3. The van der Waals surface area contributed by atoms with Crippen LogP contribution in [-0.2, 0) is 0 Å². The van der Waals surface area contributed by atoms with Crippen molar-refractivity contribution >= 4 is 39.1 Å². The molecular weight excluding hydrogens is 333 g/mol. The van der Waals surface area contributed by atoms with Gasteiger partial charge in [0.15, 0.2) is 5.82 Å². The maximum absolute atomic E-state index is 13.7. The molecule has 0 saturated heterocycles. The molecule has 0 bridgehead atoms. The van der Waals surface area contributed by atoms with Crippen molar-refractivity contribution in [2.45, 2.75) is 6.92 Å². The van der Waals surface area contributed by atoms with Crippen LogP contribution in [0.3, 0.4) is 0 Å². The van der Waals surface area contributed by atoms with Crippen molar-refractivity contribution < 1.29 is 9.18 Å². The molecule has 5 heteroatoms. The number of carbonyl (C=O) groups excluding carboxylic acids is 1. The van der Waals surface area contributed by atoms with Gasteiger partial charge >= 0.3 is 0 Å². The molecule has 0 aromatic heterocycles. The molecule has 0 unspecified atom stereocenters. The lowest BCUT2D eigenvalue weighted by Gasteiger charge is -2.08. The van der Waals surface area contributed by atoms with Crippen LogP contribution in [0.25, 0.3) is 0 Å². The minimum Gasteiger partial charge on any atom is -0.322 e. The van der Waals surface area contributed by atoms with Gasteiger partial charge in [-0.2, -0.15) is 0 Å². The molecule has 0 aliphatic heterocycles. The number of aryl methyl sites for hydroxylation is 1. The highest BCUT2D eigenvalue weighted by Gasteiger charge is 2.14. The monoisotopic (exact) mass is 341 g/mol. The van der Waals surface area contributed by atoms with Gasteiger partial charge in [0.1, 0.15) is 0 Å². The Morgan fingerprint density at radius 2 is 2.05 bits per heavy atom. The summed E-state index contributed by atoms with van der Waals surface area (Å²) in [5.74, 6) is -1.25. The van der Waals surface area contributed by atoms with Gasteiger partial charge in [0, 0.05) is 10.2 Å². The molecule has 0 atom stereocenters. The highest BCUT2D eigenvalue weighted by Crippen LogP contribution is 2.22. The van der Waals surface area contributed by atoms with Crippen LogP contribution in [0, 0.1) is 12.7 Å². The second-order valence-electron chi connectivity index (χ2n) is 4.02. The lowest BCUT2D eigenvalue weighted by atomic mass is 10.2. The molecule has 0 radical (unpaired) electrons. The van der Waals surface area contributed by atoms with E-state index in [1.54, 1.807) is 12.1 Å². The molecule has 0 heterocycles. The number of anilines is 1. The molecule has 0 spiro atoms. The van der Waals surface area contributed by atoms with E-state index in [0.717, 1.165) is 10.0 Å². The number of benzene rings is 2. The second-order valence-corrected chi connectivity index (χ2v) is 5.28. The Labute approximate surface area is 123 Å². The zero-order chi connectivity index (χ0) is 14.0. The van der Waals surface area contributed by atoms with Crippen molar-refractivity contribution in [1.82, 2.24) is 0 Å². The Bertz CT molecular complexity index is 645. The third kappa shape index (κ3) is 3.14. The fraction of sp³-hybridized carbons (Fsp3) is 0.0714. The fourth-order valence-electron chi connectivity index (χ4n) is 1.55. The first kappa shape index (κ1) is 14.0. The lowest BCUT2D eigenvalue weighted by molar-refractivity contribution is 0.102. The minimum atomic E-state index is -0.715. The summed E-state index contributed by atoms with van der Waals surface area (Å²) in [4.78, 5) is 12.0. The van der Waals surface area contributed by atoms with E-state index in [1.165, 1.54) is 18.2 Å². The largest absolute Gasteiger partial charge is 0.322 e. The first-order chi connectivity index (χ1) is 8.99. The van der Waals surface area contributed by atoms with Gasteiger partial charge < -0.3 is 5.32 Å². The van der Waals surface area contributed by atoms with Crippen LogP contribution in [0.1, 0.15) is 15.9 Å². The van der Waals surface area contributed by atoms with Gasteiger partial charge in [0.05, 0.1) is 10.6 Å². The minimum absolute atomic E-state index is 0.0715. The first-order valence-electron chi connectivity index (χ1n) is 5.50. The second kappa shape index (κ2) is 5.72. The molecule has 0 aliphatic rings. The van der Waals surface area contributed by atoms with Gasteiger partial charge in [-0.15, -0.1) is 0 Å². The van der Waals surface area contributed by atoms with E-state index in [1.807, 2.05) is 13.0 Å². The average Bonchev–Trinajstić information content (AvgIpc) is 2.37. The molecule has 2 nitrogen and oxygen atoms in total. The van der Waals surface area contributed by atoms with Crippen LogP contribution < -0.4 is 5.32 Å². The summed E-state index contributed by atoms with van der Waals surface area (Å²) in [6, 6.07) is 9.69. The van der Waals surface area contributed by atoms with E-state index in [0.29, 0.717) is 5.69 Å². The van der Waals surface area contributed by atoms with Crippen molar-refractivity contribution in [2.75, 3.05) is 5.32 Å². The number of hydrogen-bond acceptors (Lipinski definition) is 1. The summed E-state index contributed by atoms with van der Waals surface area (Å²) in [6.45, 7) is 1.94. The molecule has 0 saturated carbocycles. The van der Waals surface area contributed by atoms with E-state index in [9.17, 15) is 9.18 Å². The molecule has 2 aromatic rings. The van der Waals surface area contributed by atoms with E-state index in [2.05, 4.69) is 21.2 Å². The van der Waals surface area contributed by atoms with E-state index in [-0.39, 0.29) is 10.6 Å². The Morgan fingerprint density at radius 1 is 1.32 bits per heavy atom. The smallest absolute Gasteiger partial charge is 0.258 e. The Kier molecular flexibility index (Phi) is 4.22. The molecule has 0 fully saturated rings. The molecule has 1 N–H and O–H groups in total. The molecule has 2 rings (SSSR count). The molecule has 0 aliphatic carbocycles. The van der Waals surface area contributed by atoms with Gasteiger partial charge in [0.25, 0.3) is 5.91 Å². The highest BCUT2D eigenvalue weighted by molar-refractivity contribution is 9.10. The standard InChI is InChI=1S/C14H10BrClFNO/c1-8-5-6-9(7-11(8)15)18-14(19)10-3-2-4-12(16)13(10)17/h2-7H,1H3,(H,18,19). The van der Waals surface area contributed by atoms with Crippen molar-refractivity contribution in [3.63, 3.8) is 0 Å². The number of rotatable bonds is 2. The summed E-state index contributed by atoms with van der Waals surface area (Å²) in [7, 11) is 0. The van der Waals surface area contributed by atoms with Gasteiger partial charge in [-0.05, 0) is 36.8 Å².